The molecule has 9 nitrogen and oxygen atoms in total. The zero-order valence-electron chi connectivity index (χ0n) is 17.2. The summed E-state index contributed by atoms with van der Waals surface area (Å²) in [6, 6.07) is 7.63. The van der Waals surface area contributed by atoms with Crippen LogP contribution in [0.25, 0.3) is 11.0 Å². The van der Waals surface area contributed by atoms with E-state index in [1.165, 1.54) is 7.11 Å². The molecule has 28 heavy (non-hydrogen) atoms. The standard InChI is InChI=1S/C9H9N3O2.C8H9N3O.B.Na.H/c1-6-3-4-12-7(5-6)8(10-11-12)9(13)14-2;1-6-2-3-11-8(4-6)7(5-12)9-10-11;;;/h3-5H,1-2H3;2-4,12H,5H2,1H3;;;/q;;;+1;-1. The van der Waals surface area contributed by atoms with Gasteiger partial charge < -0.3 is 11.3 Å². The van der Waals surface area contributed by atoms with Gasteiger partial charge in [-0.15, -0.1) is 10.2 Å². The molecular formula is C17H19BN6NaO3. The molecule has 0 amide bonds. The van der Waals surface area contributed by atoms with E-state index in [1.807, 2.05) is 44.3 Å². The van der Waals surface area contributed by atoms with E-state index in [-0.39, 0.29) is 51.7 Å². The van der Waals surface area contributed by atoms with Gasteiger partial charge in [0.05, 0.1) is 19.2 Å². The first-order chi connectivity index (χ1) is 12.5. The molecule has 1 N–H and O–H groups in total. The molecule has 0 fully saturated rings. The maximum absolute atomic E-state index is 11.3. The summed E-state index contributed by atoms with van der Waals surface area (Å²) in [5, 5.41) is 24.1. The Morgan fingerprint density at radius 2 is 1.61 bits per heavy atom. The number of hydrogen-bond acceptors (Lipinski definition) is 7. The van der Waals surface area contributed by atoms with E-state index in [1.54, 1.807) is 15.2 Å². The molecule has 0 spiro atoms. The van der Waals surface area contributed by atoms with Crippen molar-refractivity contribution in [3.63, 3.8) is 0 Å². The van der Waals surface area contributed by atoms with Crippen molar-refractivity contribution in [3.05, 3.63) is 59.2 Å². The first kappa shape index (κ1) is 23.8. The minimum atomic E-state index is -0.467. The molecule has 139 valence electrons. The van der Waals surface area contributed by atoms with Crippen LogP contribution in [0.4, 0.5) is 0 Å². The van der Waals surface area contributed by atoms with Crippen molar-refractivity contribution in [3.8, 4) is 0 Å². The third-order valence-corrected chi connectivity index (χ3v) is 3.75. The normalized spacial score (nSPS) is 9.86. The van der Waals surface area contributed by atoms with Gasteiger partial charge in [0.15, 0.2) is 5.69 Å². The van der Waals surface area contributed by atoms with Gasteiger partial charge >= 0.3 is 35.5 Å². The predicted molar refractivity (Wildman–Crippen MR) is 99.6 cm³/mol. The Hall–Kier alpha value is -2.27. The molecule has 0 atom stereocenters. The summed E-state index contributed by atoms with van der Waals surface area (Å²) < 4.78 is 7.78. The van der Waals surface area contributed by atoms with Crippen LogP contribution in [0.1, 0.15) is 28.7 Å². The molecule has 0 aliphatic heterocycles. The van der Waals surface area contributed by atoms with E-state index in [4.69, 9.17) is 5.11 Å². The summed E-state index contributed by atoms with van der Waals surface area (Å²) in [4.78, 5) is 11.3. The number of pyridine rings is 2. The number of rotatable bonds is 2. The van der Waals surface area contributed by atoms with Crippen LogP contribution in [0.15, 0.2) is 36.7 Å². The molecule has 0 aromatic carbocycles. The summed E-state index contributed by atoms with van der Waals surface area (Å²) in [6.07, 6.45) is 3.58. The zero-order chi connectivity index (χ0) is 18.7. The number of methoxy groups -OCH3 is 1. The number of aromatic nitrogens is 6. The Morgan fingerprint density at radius 1 is 1.07 bits per heavy atom. The Balaban J connectivity index is 0.000000494. The summed E-state index contributed by atoms with van der Waals surface area (Å²) in [7, 11) is 1.32. The first-order valence-electron chi connectivity index (χ1n) is 7.85. The van der Waals surface area contributed by atoms with Gasteiger partial charge in [0.1, 0.15) is 11.2 Å². The number of ether oxygens (including phenoxy) is 1. The number of aliphatic hydroxyl groups excluding tert-OH is 1. The molecule has 3 radical (unpaired) electrons. The molecule has 4 aromatic rings. The molecule has 0 unspecified atom stereocenters. The van der Waals surface area contributed by atoms with Crippen LogP contribution < -0.4 is 29.6 Å². The minimum absolute atomic E-state index is 0. The van der Waals surface area contributed by atoms with Crippen LogP contribution in [-0.2, 0) is 11.3 Å². The molecule has 4 heterocycles. The smallest absolute Gasteiger partial charge is 1.00 e. The largest absolute Gasteiger partial charge is 1.00 e. The van der Waals surface area contributed by atoms with Crippen LogP contribution in [0.2, 0.25) is 0 Å². The van der Waals surface area contributed by atoms with E-state index in [9.17, 15) is 4.79 Å². The van der Waals surface area contributed by atoms with Gasteiger partial charge in [-0.25, -0.2) is 13.8 Å². The van der Waals surface area contributed by atoms with E-state index in [0.717, 1.165) is 16.6 Å². The minimum Gasteiger partial charge on any atom is -1.00 e. The van der Waals surface area contributed by atoms with Crippen molar-refractivity contribution >= 4 is 25.4 Å². The zero-order valence-corrected chi connectivity index (χ0v) is 18.2. The van der Waals surface area contributed by atoms with Gasteiger partial charge in [-0.3, -0.25) is 0 Å². The van der Waals surface area contributed by atoms with E-state index >= 15 is 0 Å². The van der Waals surface area contributed by atoms with Crippen LogP contribution >= 0.6 is 0 Å². The second-order valence-corrected chi connectivity index (χ2v) is 5.69. The monoisotopic (exact) mass is 389 g/mol. The van der Waals surface area contributed by atoms with Crippen LogP contribution in [0, 0.1) is 13.8 Å². The Kier molecular flexibility index (Phi) is 8.77. The Morgan fingerprint density at radius 3 is 2.18 bits per heavy atom. The second kappa shape index (κ2) is 10.3. The maximum atomic E-state index is 11.3. The van der Waals surface area contributed by atoms with E-state index < -0.39 is 5.97 Å². The molecule has 0 aliphatic rings. The number of aryl methyl sites for hydroxylation is 2. The number of nitrogens with zero attached hydrogens (tertiary/aromatic N) is 6. The molecule has 11 heteroatoms. The van der Waals surface area contributed by atoms with Gasteiger partial charge in [0, 0.05) is 20.8 Å². The molecule has 4 aromatic heterocycles. The SMILES string of the molecule is COC(=O)c1nnn2ccc(C)cc12.Cc1ccn2nnc(CO)c2c1.[B].[H-].[Na+]. The van der Waals surface area contributed by atoms with Crippen LogP contribution in [0.3, 0.4) is 0 Å². The van der Waals surface area contributed by atoms with Gasteiger partial charge in [0.25, 0.3) is 0 Å². The summed E-state index contributed by atoms with van der Waals surface area (Å²) >= 11 is 0. The van der Waals surface area contributed by atoms with Crippen molar-refractivity contribution in [1.82, 2.24) is 29.7 Å². The Labute approximate surface area is 187 Å². The predicted octanol–water partition coefficient (Wildman–Crippen LogP) is -1.91. The van der Waals surface area contributed by atoms with Gasteiger partial charge in [0.2, 0.25) is 0 Å². The Bertz CT molecular complexity index is 1090. The van der Waals surface area contributed by atoms with Crippen LogP contribution in [-0.4, -0.2) is 56.3 Å². The fourth-order valence-corrected chi connectivity index (χ4v) is 2.40. The molecule has 0 aliphatic carbocycles. The number of carbonyl (C=O) groups excluding carboxylic acids is 1. The molecule has 4 rings (SSSR count). The third-order valence-electron chi connectivity index (χ3n) is 3.75. The topological polar surface area (TPSA) is 107 Å². The summed E-state index contributed by atoms with van der Waals surface area (Å²) in [6.45, 7) is 3.87. The van der Waals surface area contributed by atoms with Crippen molar-refractivity contribution < 1.29 is 45.6 Å². The number of esters is 1. The number of aliphatic hydroxyl groups is 1. The van der Waals surface area contributed by atoms with E-state index in [0.29, 0.717) is 11.2 Å². The summed E-state index contributed by atoms with van der Waals surface area (Å²) in [5.74, 6) is -0.467. The summed E-state index contributed by atoms with van der Waals surface area (Å²) in [5.41, 5.74) is 4.59. The fraction of sp³-hybridized carbons (Fsp3) is 0.235. The molecule has 0 bridgehead atoms. The average Bonchev–Trinajstić information content (AvgIpc) is 3.24. The van der Waals surface area contributed by atoms with Gasteiger partial charge in [-0.1, -0.05) is 10.4 Å². The maximum Gasteiger partial charge on any atom is 1.00 e. The van der Waals surface area contributed by atoms with E-state index in [2.05, 4.69) is 25.4 Å². The number of fused-ring (bicyclic) bond motifs is 2. The first-order valence-corrected chi connectivity index (χ1v) is 7.85. The molecular weight excluding hydrogens is 370 g/mol. The average molecular weight is 389 g/mol. The van der Waals surface area contributed by atoms with Crippen LogP contribution in [0.5, 0.6) is 0 Å². The van der Waals surface area contributed by atoms with Crippen molar-refractivity contribution in [2.24, 2.45) is 0 Å². The number of hydrogen-bond donors (Lipinski definition) is 1. The molecule has 0 saturated carbocycles. The quantitative estimate of drug-likeness (QED) is 0.315. The van der Waals surface area contributed by atoms with Gasteiger partial charge in [-0.05, 0) is 49.2 Å². The third kappa shape index (κ3) is 4.96. The van der Waals surface area contributed by atoms with Crippen molar-refractivity contribution in [1.29, 1.82) is 0 Å². The number of carbonyl (C=O) groups is 1. The fourth-order valence-electron chi connectivity index (χ4n) is 2.40. The second-order valence-electron chi connectivity index (χ2n) is 5.69. The van der Waals surface area contributed by atoms with Gasteiger partial charge in [-0.2, -0.15) is 0 Å². The van der Waals surface area contributed by atoms with Crippen molar-refractivity contribution in [2.75, 3.05) is 7.11 Å². The molecule has 0 saturated heterocycles. The van der Waals surface area contributed by atoms with Crippen molar-refractivity contribution in [2.45, 2.75) is 20.5 Å².